The van der Waals surface area contributed by atoms with Crippen molar-refractivity contribution in [2.75, 3.05) is 32.8 Å². The fourth-order valence-electron chi connectivity index (χ4n) is 4.32. The molecule has 0 bridgehead atoms. The molecule has 1 saturated heterocycles. The molecule has 2 heterocycles. The zero-order valence-corrected chi connectivity index (χ0v) is 20.8. The number of nitrogens with one attached hydrogen (secondary N) is 1. The first-order valence-electron chi connectivity index (χ1n) is 12.7. The van der Waals surface area contributed by atoms with Crippen LogP contribution in [0.25, 0.3) is 11.1 Å². The van der Waals surface area contributed by atoms with Crippen LogP contribution in [0.3, 0.4) is 0 Å². The maximum Gasteiger partial charge on any atom is 0.226 e. The van der Waals surface area contributed by atoms with E-state index in [-0.39, 0.29) is 24.7 Å². The molecule has 0 radical (unpaired) electrons. The number of carbonyl (C=O) groups is 1. The highest BCUT2D eigenvalue weighted by molar-refractivity contribution is 5.78. The van der Waals surface area contributed by atoms with E-state index in [2.05, 4.69) is 15.2 Å². The molecular formula is C29H34FN3O3. The fraction of sp³-hybridized carbons (Fsp3) is 0.379. The van der Waals surface area contributed by atoms with Crippen LogP contribution in [0.1, 0.15) is 37.4 Å². The number of pyridine rings is 1. The summed E-state index contributed by atoms with van der Waals surface area (Å²) in [5.74, 6) is 0.772. The lowest BCUT2D eigenvalue weighted by Gasteiger charge is -2.26. The number of halogens is 1. The second-order valence-corrected chi connectivity index (χ2v) is 9.00. The minimum absolute atomic E-state index is 0.151. The summed E-state index contributed by atoms with van der Waals surface area (Å²) < 4.78 is 25.4. The number of amides is 1. The summed E-state index contributed by atoms with van der Waals surface area (Å²) in [6.07, 6.45) is 5.66. The van der Waals surface area contributed by atoms with E-state index in [4.69, 9.17) is 9.47 Å². The zero-order chi connectivity index (χ0) is 25.2. The van der Waals surface area contributed by atoms with Gasteiger partial charge in [0.2, 0.25) is 5.91 Å². The van der Waals surface area contributed by atoms with E-state index < -0.39 is 0 Å². The number of rotatable bonds is 11. The number of hydrogen-bond acceptors (Lipinski definition) is 5. The zero-order valence-electron chi connectivity index (χ0n) is 20.8. The number of piperidine rings is 1. The van der Waals surface area contributed by atoms with E-state index in [0.29, 0.717) is 30.2 Å². The summed E-state index contributed by atoms with van der Waals surface area (Å²) in [7, 11) is 0. The molecule has 3 aromatic rings. The van der Waals surface area contributed by atoms with E-state index in [0.717, 1.165) is 36.5 Å². The molecule has 0 atom stereocenters. The molecule has 1 fully saturated rings. The van der Waals surface area contributed by atoms with Crippen molar-refractivity contribution in [3.63, 3.8) is 0 Å². The highest BCUT2D eigenvalue weighted by atomic mass is 19.1. The van der Waals surface area contributed by atoms with E-state index in [1.54, 1.807) is 12.3 Å². The Labute approximate surface area is 212 Å². The Hall–Kier alpha value is -3.45. The standard InChI is InChI=1S/C29H34FN3O3/c1-2-35-27-10-7-23(8-11-27)24-6-9-26(31-21-24)19-29(34)32-20-22-16-25(30)18-28(17-22)36-15-14-33-12-4-3-5-13-33/h6-11,16-18,21H,2-5,12-15,19-20H2,1H3,(H,32,34). The summed E-state index contributed by atoms with van der Waals surface area (Å²) in [5.41, 5.74) is 3.33. The molecule has 2 aromatic carbocycles. The van der Waals surface area contributed by atoms with Gasteiger partial charge in [-0.3, -0.25) is 14.7 Å². The van der Waals surface area contributed by atoms with E-state index in [1.165, 1.54) is 31.4 Å². The highest BCUT2D eigenvalue weighted by Gasteiger charge is 2.11. The summed E-state index contributed by atoms with van der Waals surface area (Å²) >= 11 is 0. The van der Waals surface area contributed by atoms with Crippen molar-refractivity contribution in [3.05, 3.63) is 77.9 Å². The molecule has 190 valence electrons. The third kappa shape index (κ3) is 7.78. The van der Waals surface area contributed by atoms with Crippen LogP contribution in [0.4, 0.5) is 4.39 Å². The number of benzene rings is 2. The van der Waals surface area contributed by atoms with Crippen LogP contribution >= 0.6 is 0 Å². The molecule has 1 aliphatic heterocycles. The van der Waals surface area contributed by atoms with E-state index in [9.17, 15) is 9.18 Å². The summed E-state index contributed by atoms with van der Waals surface area (Å²) in [6.45, 7) is 6.37. The van der Waals surface area contributed by atoms with Gasteiger partial charge in [0.1, 0.15) is 23.9 Å². The highest BCUT2D eigenvalue weighted by Crippen LogP contribution is 2.22. The van der Waals surface area contributed by atoms with Gasteiger partial charge in [-0.15, -0.1) is 0 Å². The Balaban J connectivity index is 1.25. The van der Waals surface area contributed by atoms with Crippen LogP contribution in [-0.4, -0.2) is 48.6 Å². The number of aromatic nitrogens is 1. The second kappa shape index (κ2) is 13.0. The smallest absolute Gasteiger partial charge is 0.226 e. The number of ether oxygens (including phenoxy) is 2. The van der Waals surface area contributed by atoms with Crippen molar-refractivity contribution in [2.24, 2.45) is 0 Å². The molecule has 1 aromatic heterocycles. The van der Waals surface area contributed by atoms with Crippen LogP contribution in [0.15, 0.2) is 60.8 Å². The maximum absolute atomic E-state index is 14.1. The largest absolute Gasteiger partial charge is 0.494 e. The van der Waals surface area contributed by atoms with E-state index in [1.807, 2.05) is 43.3 Å². The third-order valence-electron chi connectivity index (χ3n) is 6.21. The summed E-state index contributed by atoms with van der Waals surface area (Å²) in [4.78, 5) is 19.3. The van der Waals surface area contributed by atoms with Crippen molar-refractivity contribution in [3.8, 4) is 22.6 Å². The molecule has 36 heavy (non-hydrogen) atoms. The fourth-order valence-corrected chi connectivity index (χ4v) is 4.32. The maximum atomic E-state index is 14.1. The second-order valence-electron chi connectivity index (χ2n) is 9.00. The van der Waals surface area contributed by atoms with Crippen molar-refractivity contribution in [1.82, 2.24) is 15.2 Å². The lowest BCUT2D eigenvalue weighted by Crippen LogP contribution is -2.33. The van der Waals surface area contributed by atoms with Gasteiger partial charge >= 0.3 is 0 Å². The van der Waals surface area contributed by atoms with Crippen molar-refractivity contribution < 1.29 is 18.7 Å². The molecule has 6 nitrogen and oxygen atoms in total. The van der Waals surface area contributed by atoms with E-state index >= 15 is 0 Å². The van der Waals surface area contributed by atoms with Crippen LogP contribution in [0.2, 0.25) is 0 Å². The summed E-state index contributed by atoms with van der Waals surface area (Å²) in [5, 5.41) is 2.85. The molecular weight excluding hydrogens is 457 g/mol. The SMILES string of the molecule is CCOc1ccc(-c2ccc(CC(=O)NCc3cc(F)cc(OCCN4CCCCC4)c3)nc2)cc1. The molecule has 0 spiro atoms. The Kier molecular flexibility index (Phi) is 9.27. The van der Waals surface area contributed by atoms with Crippen molar-refractivity contribution in [1.29, 1.82) is 0 Å². The predicted molar refractivity (Wildman–Crippen MR) is 139 cm³/mol. The van der Waals surface area contributed by atoms with Gasteiger partial charge in [-0.25, -0.2) is 4.39 Å². The monoisotopic (exact) mass is 491 g/mol. The van der Waals surface area contributed by atoms with Crippen LogP contribution in [0.5, 0.6) is 11.5 Å². The van der Waals surface area contributed by atoms with Gasteiger partial charge in [0.15, 0.2) is 0 Å². The molecule has 1 N–H and O–H groups in total. The molecule has 0 aliphatic carbocycles. The average Bonchev–Trinajstić information content (AvgIpc) is 2.89. The van der Waals surface area contributed by atoms with Crippen molar-refractivity contribution in [2.45, 2.75) is 39.2 Å². The number of likely N-dealkylation sites (tertiary alicyclic amines) is 1. The van der Waals surface area contributed by atoms with Gasteiger partial charge in [0.05, 0.1) is 13.0 Å². The number of carbonyl (C=O) groups excluding carboxylic acids is 1. The van der Waals surface area contributed by atoms with Gasteiger partial charge in [-0.05, 0) is 74.3 Å². The lowest BCUT2D eigenvalue weighted by atomic mass is 10.1. The minimum atomic E-state index is -0.374. The lowest BCUT2D eigenvalue weighted by molar-refractivity contribution is -0.120. The number of hydrogen-bond donors (Lipinski definition) is 1. The first-order valence-corrected chi connectivity index (χ1v) is 12.7. The molecule has 0 unspecified atom stereocenters. The topological polar surface area (TPSA) is 63.7 Å². The van der Waals surface area contributed by atoms with Crippen LogP contribution < -0.4 is 14.8 Å². The third-order valence-corrected chi connectivity index (χ3v) is 6.21. The normalized spacial score (nSPS) is 13.8. The van der Waals surface area contributed by atoms with Crippen molar-refractivity contribution >= 4 is 5.91 Å². The quantitative estimate of drug-likeness (QED) is 0.409. The Bertz CT molecular complexity index is 1110. The van der Waals surface area contributed by atoms with Crippen LogP contribution in [0, 0.1) is 5.82 Å². The van der Waals surface area contributed by atoms with Gasteiger partial charge in [0, 0.05) is 36.6 Å². The Morgan fingerprint density at radius 1 is 0.972 bits per heavy atom. The Morgan fingerprint density at radius 2 is 1.75 bits per heavy atom. The minimum Gasteiger partial charge on any atom is -0.494 e. The van der Waals surface area contributed by atoms with Gasteiger partial charge in [-0.1, -0.05) is 24.6 Å². The Morgan fingerprint density at radius 3 is 2.47 bits per heavy atom. The number of nitrogens with zero attached hydrogens (tertiary/aromatic N) is 2. The molecule has 1 amide bonds. The van der Waals surface area contributed by atoms with Gasteiger partial charge < -0.3 is 14.8 Å². The van der Waals surface area contributed by atoms with Gasteiger partial charge in [-0.2, -0.15) is 0 Å². The molecule has 4 rings (SSSR count). The average molecular weight is 492 g/mol. The molecule has 7 heteroatoms. The molecule has 0 saturated carbocycles. The first-order chi connectivity index (χ1) is 17.6. The van der Waals surface area contributed by atoms with Crippen LogP contribution in [-0.2, 0) is 17.8 Å². The first kappa shape index (κ1) is 25.6. The van der Waals surface area contributed by atoms with Gasteiger partial charge in [0.25, 0.3) is 0 Å². The summed E-state index contributed by atoms with van der Waals surface area (Å²) in [6, 6.07) is 16.2. The molecule has 1 aliphatic rings. The predicted octanol–water partition coefficient (Wildman–Crippen LogP) is 5.01.